The van der Waals surface area contributed by atoms with Crippen LogP contribution in [0.3, 0.4) is 0 Å². The molecular weight excluding hydrogens is 284 g/mol. The fraction of sp³-hybridized carbons (Fsp3) is 0.250. The van der Waals surface area contributed by atoms with E-state index in [9.17, 15) is 8.42 Å². The summed E-state index contributed by atoms with van der Waals surface area (Å²) >= 11 is 0. The molecule has 0 aliphatic rings. The minimum atomic E-state index is -3.49. The van der Waals surface area contributed by atoms with E-state index in [1.165, 1.54) is 0 Å². The standard InChI is InChI=1S/C16H20N2O2S/c1-13-7-8-16(11-15(13)12-17)21(19,20)18-10-9-14-5-3-2-4-6-14/h2-8,11,18H,9-10,12,17H2,1H3. The fourth-order valence-corrected chi connectivity index (χ4v) is 3.17. The van der Waals surface area contributed by atoms with Gasteiger partial charge in [0.05, 0.1) is 4.90 Å². The molecule has 0 fully saturated rings. The first-order valence-electron chi connectivity index (χ1n) is 6.86. The first-order valence-corrected chi connectivity index (χ1v) is 8.34. The third-order valence-corrected chi connectivity index (χ3v) is 4.86. The van der Waals surface area contributed by atoms with Gasteiger partial charge in [0.1, 0.15) is 0 Å². The fourth-order valence-electron chi connectivity index (χ4n) is 2.09. The third-order valence-electron chi connectivity index (χ3n) is 3.40. The Morgan fingerprint density at radius 1 is 1.10 bits per heavy atom. The van der Waals surface area contributed by atoms with E-state index in [-0.39, 0.29) is 4.90 Å². The van der Waals surface area contributed by atoms with Gasteiger partial charge in [-0.3, -0.25) is 0 Å². The zero-order chi connectivity index (χ0) is 15.3. The molecule has 0 spiro atoms. The van der Waals surface area contributed by atoms with Crippen molar-refractivity contribution in [3.63, 3.8) is 0 Å². The van der Waals surface area contributed by atoms with Gasteiger partial charge in [0.25, 0.3) is 0 Å². The van der Waals surface area contributed by atoms with E-state index in [0.717, 1.165) is 16.7 Å². The number of hydrogen-bond donors (Lipinski definition) is 2. The molecule has 2 aromatic rings. The zero-order valence-corrected chi connectivity index (χ0v) is 12.9. The second-order valence-corrected chi connectivity index (χ2v) is 6.69. The van der Waals surface area contributed by atoms with Gasteiger partial charge in [-0.15, -0.1) is 0 Å². The highest BCUT2D eigenvalue weighted by Crippen LogP contribution is 2.15. The van der Waals surface area contributed by atoms with Crippen molar-refractivity contribution in [2.24, 2.45) is 5.73 Å². The van der Waals surface area contributed by atoms with Crippen molar-refractivity contribution in [2.75, 3.05) is 6.54 Å². The van der Waals surface area contributed by atoms with E-state index < -0.39 is 10.0 Å². The normalized spacial score (nSPS) is 11.5. The Labute approximate surface area is 126 Å². The van der Waals surface area contributed by atoms with Crippen LogP contribution in [0.15, 0.2) is 53.4 Å². The van der Waals surface area contributed by atoms with Gasteiger partial charge in [-0.1, -0.05) is 36.4 Å². The number of nitrogens with one attached hydrogen (secondary N) is 1. The molecule has 0 aromatic heterocycles. The van der Waals surface area contributed by atoms with E-state index in [0.29, 0.717) is 19.5 Å². The molecule has 0 unspecified atom stereocenters. The Kier molecular flexibility index (Phi) is 5.12. The molecule has 2 aromatic carbocycles. The molecule has 0 bridgehead atoms. The van der Waals surface area contributed by atoms with Crippen molar-refractivity contribution in [3.05, 3.63) is 65.2 Å². The lowest BCUT2D eigenvalue weighted by Crippen LogP contribution is -2.26. The van der Waals surface area contributed by atoms with Gasteiger partial charge in [0.15, 0.2) is 0 Å². The number of rotatable bonds is 6. The highest BCUT2D eigenvalue weighted by atomic mass is 32.2. The van der Waals surface area contributed by atoms with E-state index >= 15 is 0 Å². The average molecular weight is 304 g/mol. The molecular formula is C16H20N2O2S. The quantitative estimate of drug-likeness (QED) is 0.857. The summed E-state index contributed by atoms with van der Waals surface area (Å²) in [6.45, 7) is 2.62. The molecule has 3 N–H and O–H groups in total. The highest BCUT2D eigenvalue weighted by Gasteiger charge is 2.14. The number of aryl methyl sites for hydroxylation is 1. The Morgan fingerprint density at radius 3 is 2.48 bits per heavy atom. The molecule has 21 heavy (non-hydrogen) atoms. The van der Waals surface area contributed by atoms with Crippen molar-refractivity contribution >= 4 is 10.0 Å². The van der Waals surface area contributed by atoms with Crippen molar-refractivity contribution in [1.82, 2.24) is 4.72 Å². The molecule has 4 nitrogen and oxygen atoms in total. The van der Waals surface area contributed by atoms with Crippen LogP contribution in [0.5, 0.6) is 0 Å². The summed E-state index contributed by atoms with van der Waals surface area (Å²) in [6, 6.07) is 14.8. The predicted molar refractivity (Wildman–Crippen MR) is 84.4 cm³/mol. The van der Waals surface area contributed by atoms with Crippen LogP contribution in [-0.2, 0) is 23.0 Å². The first kappa shape index (κ1) is 15.7. The topological polar surface area (TPSA) is 72.2 Å². The average Bonchev–Trinajstić information content (AvgIpc) is 2.48. The summed E-state index contributed by atoms with van der Waals surface area (Å²) in [5.74, 6) is 0. The largest absolute Gasteiger partial charge is 0.326 e. The van der Waals surface area contributed by atoms with E-state index in [1.54, 1.807) is 18.2 Å². The second-order valence-electron chi connectivity index (χ2n) is 4.93. The molecule has 112 valence electrons. The van der Waals surface area contributed by atoms with Gasteiger partial charge >= 0.3 is 0 Å². The maximum atomic E-state index is 12.2. The maximum absolute atomic E-state index is 12.2. The van der Waals surface area contributed by atoms with Crippen molar-refractivity contribution in [3.8, 4) is 0 Å². The molecule has 0 heterocycles. The Morgan fingerprint density at radius 2 is 1.81 bits per heavy atom. The van der Waals surface area contributed by atoms with Crippen LogP contribution in [0.1, 0.15) is 16.7 Å². The molecule has 0 aliphatic heterocycles. The van der Waals surface area contributed by atoms with Crippen molar-refractivity contribution in [2.45, 2.75) is 24.8 Å². The lowest BCUT2D eigenvalue weighted by molar-refractivity contribution is 0.581. The molecule has 0 atom stereocenters. The molecule has 0 radical (unpaired) electrons. The lowest BCUT2D eigenvalue weighted by Gasteiger charge is -2.09. The Bertz CT molecular complexity index is 697. The third kappa shape index (κ3) is 4.14. The number of nitrogens with two attached hydrogens (primary N) is 1. The number of sulfonamides is 1. The maximum Gasteiger partial charge on any atom is 0.240 e. The summed E-state index contributed by atoms with van der Waals surface area (Å²) in [6.07, 6.45) is 0.662. The molecule has 0 amide bonds. The lowest BCUT2D eigenvalue weighted by atomic mass is 10.1. The molecule has 5 heteroatoms. The summed E-state index contributed by atoms with van der Waals surface area (Å²) < 4.78 is 27.1. The predicted octanol–water partition coefficient (Wildman–Crippen LogP) is 1.97. The zero-order valence-electron chi connectivity index (χ0n) is 12.0. The Balaban J connectivity index is 2.05. The van der Waals surface area contributed by atoms with Crippen molar-refractivity contribution < 1.29 is 8.42 Å². The van der Waals surface area contributed by atoms with Gasteiger partial charge in [0, 0.05) is 13.1 Å². The van der Waals surface area contributed by atoms with Gasteiger partial charge in [-0.05, 0) is 42.2 Å². The van der Waals surface area contributed by atoms with Crippen LogP contribution >= 0.6 is 0 Å². The molecule has 2 rings (SSSR count). The summed E-state index contributed by atoms with van der Waals surface area (Å²) in [4.78, 5) is 0.265. The van der Waals surface area contributed by atoms with E-state index in [4.69, 9.17) is 5.73 Å². The summed E-state index contributed by atoms with van der Waals surface area (Å²) in [7, 11) is -3.49. The van der Waals surface area contributed by atoms with Gasteiger partial charge < -0.3 is 5.73 Å². The molecule has 0 saturated carbocycles. The Hall–Kier alpha value is -1.69. The van der Waals surface area contributed by atoms with Crippen LogP contribution in [0.4, 0.5) is 0 Å². The monoisotopic (exact) mass is 304 g/mol. The minimum absolute atomic E-state index is 0.265. The van der Waals surface area contributed by atoms with Crippen LogP contribution in [0.2, 0.25) is 0 Å². The molecule has 0 aliphatic carbocycles. The van der Waals surface area contributed by atoms with Crippen LogP contribution in [-0.4, -0.2) is 15.0 Å². The van der Waals surface area contributed by atoms with Crippen molar-refractivity contribution in [1.29, 1.82) is 0 Å². The van der Waals surface area contributed by atoms with Gasteiger partial charge in [-0.25, -0.2) is 13.1 Å². The van der Waals surface area contributed by atoms with Crippen LogP contribution in [0, 0.1) is 6.92 Å². The summed E-state index contributed by atoms with van der Waals surface area (Å²) in [5, 5.41) is 0. The van der Waals surface area contributed by atoms with Crippen LogP contribution in [0.25, 0.3) is 0 Å². The minimum Gasteiger partial charge on any atom is -0.326 e. The highest BCUT2D eigenvalue weighted by molar-refractivity contribution is 7.89. The van der Waals surface area contributed by atoms with Crippen LogP contribution < -0.4 is 10.5 Å². The number of hydrogen-bond acceptors (Lipinski definition) is 3. The smallest absolute Gasteiger partial charge is 0.240 e. The SMILES string of the molecule is Cc1ccc(S(=O)(=O)NCCc2ccccc2)cc1CN. The summed E-state index contributed by atoms with van der Waals surface area (Å²) in [5.41, 5.74) is 8.58. The number of benzene rings is 2. The van der Waals surface area contributed by atoms with Gasteiger partial charge in [-0.2, -0.15) is 0 Å². The first-order chi connectivity index (χ1) is 10.0. The van der Waals surface area contributed by atoms with E-state index in [2.05, 4.69) is 4.72 Å². The molecule has 0 saturated heterocycles. The van der Waals surface area contributed by atoms with E-state index in [1.807, 2.05) is 37.3 Å². The second kappa shape index (κ2) is 6.85. The van der Waals surface area contributed by atoms with Gasteiger partial charge in [0.2, 0.25) is 10.0 Å².